The van der Waals surface area contributed by atoms with Crippen LogP contribution in [0.3, 0.4) is 0 Å². The molecule has 0 radical (unpaired) electrons. The first-order chi connectivity index (χ1) is 11.2. The van der Waals surface area contributed by atoms with Crippen LogP contribution in [-0.2, 0) is 16.6 Å². The summed E-state index contributed by atoms with van der Waals surface area (Å²) < 4.78 is 0. The van der Waals surface area contributed by atoms with Gasteiger partial charge in [-0.2, -0.15) is 0 Å². The summed E-state index contributed by atoms with van der Waals surface area (Å²) in [4.78, 5) is 34.9. The number of Topliss-reactive ketones (excluding diaryl/α,β-unsaturated/α-hetero) is 2. The average molecular weight is 324 g/mol. The second kappa shape index (κ2) is 5.47. The number of hydrogen-bond acceptors (Lipinski definition) is 4. The van der Waals surface area contributed by atoms with Crippen molar-refractivity contribution >= 4 is 22.6 Å². The van der Waals surface area contributed by atoms with Gasteiger partial charge >= 0.3 is 0 Å². The van der Waals surface area contributed by atoms with E-state index in [9.17, 15) is 9.59 Å². The Bertz CT molecular complexity index is 850. The summed E-state index contributed by atoms with van der Waals surface area (Å²) in [5.74, 6) is -0.323. The van der Waals surface area contributed by atoms with Crippen LogP contribution < -0.4 is 0 Å². The molecule has 0 saturated carbocycles. The number of ketones is 2. The molecule has 0 atom stereocenters. The predicted octanol–water partition coefficient (Wildman–Crippen LogP) is 4.04. The predicted molar refractivity (Wildman–Crippen MR) is 94.3 cm³/mol. The minimum absolute atomic E-state index is 0.0966. The van der Waals surface area contributed by atoms with E-state index in [0.29, 0.717) is 11.4 Å². The Morgan fingerprint density at radius 1 is 0.958 bits per heavy atom. The lowest BCUT2D eigenvalue weighted by molar-refractivity contribution is -0.130. The number of carbonyl (C=O) groups excluding carboxylic acids is 2. The molecule has 4 nitrogen and oxygen atoms in total. The van der Waals surface area contributed by atoms with Crippen molar-refractivity contribution in [3.8, 4) is 0 Å². The molecule has 4 heteroatoms. The van der Waals surface area contributed by atoms with Crippen LogP contribution in [-0.4, -0.2) is 21.5 Å². The largest absolute Gasteiger partial charge is 0.298 e. The van der Waals surface area contributed by atoms with Gasteiger partial charge in [0.2, 0.25) is 0 Å². The first kappa shape index (κ1) is 16.7. The first-order valence-electron chi connectivity index (χ1n) is 8.60. The first-order valence-corrected chi connectivity index (χ1v) is 8.60. The zero-order valence-electron chi connectivity index (χ0n) is 15.1. The van der Waals surface area contributed by atoms with Gasteiger partial charge in [-0.1, -0.05) is 19.4 Å². The molecule has 0 unspecified atom stereocenters. The van der Waals surface area contributed by atoms with Gasteiger partial charge in [0.05, 0.1) is 27.6 Å². The average Bonchev–Trinajstić information content (AvgIpc) is 2.56. The summed E-state index contributed by atoms with van der Waals surface area (Å²) in [6.07, 6.45) is 3.25. The molecule has 3 rings (SSSR count). The molecule has 0 fully saturated rings. The van der Waals surface area contributed by atoms with E-state index in [1.165, 1.54) is 5.56 Å². The van der Waals surface area contributed by atoms with Crippen molar-refractivity contribution in [1.82, 2.24) is 9.97 Å². The number of aryl methyl sites for hydroxylation is 1. The smallest absolute Gasteiger partial charge is 0.196 e. The normalized spacial score (nSPS) is 18.7. The summed E-state index contributed by atoms with van der Waals surface area (Å²) in [5.41, 5.74) is 1.67. The van der Waals surface area contributed by atoms with Crippen LogP contribution in [0.25, 0.3) is 11.0 Å². The molecule has 0 bridgehead atoms. The van der Waals surface area contributed by atoms with Gasteiger partial charge in [-0.25, -0.2) is 9.97 Å². The maximum Gasteiger partial charge on any atom is 0.196 e. The van der Waals surface area contributed by atoms with Crippen LogP contribution in [0.15, 0.2) is 18.2 Å². The van der Waals surface area contributed by atoms with E-state index in [1.54, 1.807) is 13.8 Å². The molecule has 24 heavy (non-hydrogen) atoms. The number of rotatable bonds is 3. The number of fused-ring (bicyclic) bond motifs is 2. The summed E-state index contributed by atoms with van der Waals surface area (Å²) >= 11 is 0. The van der Waals surface area contributed by atoms with Gasteiger partial charge < -0.3 is 0 Å². The molecule has 2 aromatic rings. The highest BCUT2D eigenvalue weighted by atomic mass is 16.2. The van der Waals surface area contributed by atoms with E-state index in [1.807, 2.05) is 26.0 Å². The van der Waals surface area contributed by atoms with Crippen molar-refractivity contribution in [2.75, 3.05) is 0 Å². The van der Waals surface area contributed by atoms with Gasteiger partial charge in [0.15, 0.2) is 11.6 Å². The summed E-state index contributed by atoms with van der Waals surface area (Å²) in [7, 11) is 0. The Labute approximate surface area is 142 Å². The second-order valence-corrected chi connectivity index (χ2v) is 7.76. The summed E-state index contributed by atoms with van der Waals surface area (Å²) in [5, 5.41) is 0. The van der Waals surface area contributed by atoms with Gasteiger partial charge in [0, 0.05) is 0 Å². The van der Waals surface area contributed by atoms with Crippen molar-refractivity contribution in [2.24, 2.45) is 5.41 Å². The third-order valence-corrected chi connectivity index (χ3v) is 5.06. The highest BCUT2D eigenvalue weighted by Crippen LogP contribution is 2.41. The molecule has 0 spiro atoms. The van der Waals surface area contributed by atoms with Crippen LogP contribution in [0.5, 0.6) is 0 Å². The van der Waals surface area contributed by atoms with E-state index in [0.717, 1.165) is 30.3 Å². The standard InChI is InChI=1S/C20H24N2O2/c1-6-7-8-12-9-10-13-14(11-12)21-15-16(22-13)19(2,3)18(24)20(4,5)17(15)23/h9-11H,6-8H2,1-5H3. The minimum Gasteiger partial charge on any atom is -0.298 e. The number of nitrogens with zero attached hydrogens (tertiary/aromatic N) is 2. The lowest BCUT2D eigenvalue weighted by Gasteiger charge is -2.37. The van der Waals surface area contributed by atoms with E-state index in [4.69, 9.17) is 0 Å². The molecule has 1 aliphatic carbocycles. The van der Waals surface area contributed by atoms with Crippen LogP contribution >= 0.6 is 0 Å². The molecule has 1 heterocycles. The number of hydrogen-bond donors (Lipinski definition) is 0. The van der Waals surface area contributed by atoms with E-state index in [-0.39, 0.29) is 11.6 Å². The van der Waals surface area contributed by atoms with Gasteiger partial charge in [0.1, 0.15) is 5.69 Å². The molecule has 1 aromatic carbocycles. The summed E-state index contributed by atoms with van der Waals surface area (Å²) in [6, 6.07) is 6.02. The topological polar surface area (TPSA) is 59.9 Å². The Balaban J connectivity index is 2.21. The molecule has 1 aromatic heterocycles. The highest BCUT2D eigenvalue weighted by molar-refractivity contribution is 6.20. The van der Waals surface area contributed by atoms with Crippen LogP contribution in [0.1, 0.15) is 69.2 Å². The maximum atomic E-state index is 12.8. The zero-order chi connectivity index (χ0) is 17.7. The molecule has 1 aliphatic rings. The molecule has 0 saturated heterocycles. The number of benzene rings is 1. The molecule has 0 N–H and O–H groups in total. The lowest BCUT2D eigenvalue weighted by atomic mass is 9.64. The van der Waals surface area contributed by atoms with E-state index < -0.39 is 10.8 Å². The number of aromatic nitrogens is 2. The molecule has 126 valence electrons. The lowest BCUT2D eigenvalue weighted by Crippen LogP contribution is -2.50. The fraction of sp³-hybridized carbons (Fsp3) is 0.500. The third kappa shape index (κ3) is 2.36. The highest BCUT2D eigenvalue weighted by Gasteiger charge is 2.53. The second-order valence-electron chi connectivity index (χ2n) is 7.76. The molecule has 0 aliphatic heterocycles. The van der Waals surface area contributed by atoms with Crippen molar-refractivity contribution < 1.29 is 9.59 Å². The van der Waals surface area contributed by atoms with E-state index in [2.05, 4.69) is 23.0 Å². The minimum atomic E-state index is -1.06. The quantitative estimate of drug-likeness (QED) is 0.799. The van der Waals surface area contributed by atoms with Crippen molar-refractivity contribution in [3.05, 3.63) is 35.2 Å². The van der Waals surface area contributed by atoms with Crippen molar-refractivity contribution in [2.45, 2.75) is 59.3 Å². The van der Waals surface area contributed by atoms with Crippen molar-refractivity contribution in [3.63, 3.8) is 0 Å². The molecule has 0 amide bonds. The Morgan fingerprint density at radius 3 is 2.33 bits per heavy atom. The Morgan fingerprint density at radius 2 is 1.67 bits per heavy atom. The van der Waals surface area contributed by atoms with Crippen LogP contribution in [0, 0.1) is 5.41 Å². The van der Waals surface area contributed by atoms with Crippen LogP contribution in [0.4, 0.5) is 0 Å². The van der Waals surface area contributed by atoms with Crippen LogP contribution in [0.2, 0.25) is 0 Å². The van der Waals surface area contributed by atoms with Gasteiger partial charge in [-0.15, -0.1) is 0 Å². The number of unbranched alkanes of at least 4 members (excludes halogenated alkanes) is 1. The number of carbonyl (C=O) groups is 2. The SMILES string of the molecule is CCCCc1ccc2nc3c(nc2c1)C(=O)C(C)(C)C(=O)C3(C)C. The fourth-order valence-corrected chi connectivity index (χ4v) is 3.52. The zero-order valence-corrected chi connectivity index (χ0v) is 15.1. The Kier molecular flexibility index (Phi) is 3.82. The maximum absolute atomic E-state index is 12.8. The third-order valence-electron chi connectivity index (χ3n) is 5.06. The molecular formula is C20H24N2O2. The Hall–Kier alpha value is -2.10. The van der Waals surface area contributed by atoms with E-state index >= 15 is 0 Å². The van der Waals surface area contributed by atoms with Gasteiger partial charge in [-0.05, 0) is 58.2 Å². The van der Waals surface area contributed by atoms with Crippen molar-refractivity contribution in [1.29, 1.82) is 0 Å². The van der Waals surface area contributed by atoms with Gasteiger partial charge in [-0.3, -0.25) is 9.59 Å². The fourth-order valence-electron chi connectivity index (χ4n) is 3.52. The molecular weight excluding hydrogens is 300 g/mol. The monoisotopic (exact) mass is 324 g/mol. The van der Waals surface area contributed by atoms with Gasteiger partial charge in [0.25, 0.3) is 0 Å². The summed E-state index contributed by atoms with van der Waals surface area (Å²) in [6.45, 7) is 9.20.